The van der Waals surface area contributed by atoms with Crippen LogP contribution in [0, 0.1) is 6.92 Å². The third kappa shape index (κ3) is 4.12. The number of anilines is 4. The number of aryl methyl sites for hydroxylation is 1. The van der Waals surface area contributed by atoms with Gasteiger partial charge >= 0.3 is 0 Å². The molecule has 23 heavy (non-hydrogen) atoms. The predicted molar refractivity (Wildman–Crippen MR) is 96.2 cm³/mol. The van der Waals surface area contributed by atoms with Gasteiger partial charge in [-0.1, -0.05) is 23.2 Å². The van der Waals surface area contributed by atoms with Gasteiger partial charge in [0, 0.05) is 33.2 Å². The average Bonchev–Trinajstić information content (AvgIpc) is 2.55. The van der Waals surface area contributed by atoms with E-state index in [2.05, 4.69) is 20.6 Å². The zero-order chi connectivity index (χ0) is 16.2. The third-order valence-corrected chi connectivity index (χ3v) is 3.68. The highest BCUT2D eigenvalue weighted by Gasteiger charge is 2.05. The van der Waals surface area contributed by atoms with E-state index in [-0.39, 0.29) is 0 Å². The molecule has 0 saturated carbocycles. The molecule has 2 N–H and O–H groups in total. The van der Waals surface area contributed by atoms with Crippen molar-refractivity contribution in [2.24, 2.45) is 0 Å². The number of nitrogens with zero attached hydrogens (tertiary/aromatic N) is 2. The number of hydrogen-bond donors (Lipinski definition) is 2. The molecule has 3 rings (SSSR count). The zero-order valence-electron chi connectivity index (χ0n) is 12.3. The Morgan fingerprint density at radius 2 is 1.30 bits per heavy atom. The first-order valence-corrected chi connectivity index (χ1v) is 7.74. The molecular weight excluding hydrogens is 331 g/mol. The van der Waals surface area contributed by atoms with Gasteiger partial charge in [0.15, 0.2) is 0 Å². The Morgan fingerprint density at radius 1 is 0.783 bits per heavy atom. The largest absolute Gasteiger partial charge is 0.340 e. The lowest BCUT2D eigenvalue weighted by Gasteiger charge is -2.11. The molecule has 6 heteroatoms. The molecule has 1 heterocycles. The summed E-state index contributed by atoms with van der Waals surface area (Å²) in [5.74, 6) is 1.24. The van der Waals surface area contributed by atoms with Crippen molar-refractivity contribution in [2.45, 2.75) is 6.92 Å². The van der Waals surface area contributed by atoms with Gasteiger partial charge in [-0.15, -0.1) is 0 Å². The highest BCUT2D eigenvalue weighted by Crippen LogP contribution is 2.22. The van der Waals surface area contributed by atoms with E-state index in [0.717, 1.165) is 22.8 Å². The lowest BCUT2D eigenvalue weighted by atomic mass is 10.3. The molecule has 0 unspecified atom stereocenters. The Balaban J connectivity index is 1.81. The number of rotatable bonds is 4. The van der Waals surface area contributed by atoms with Crippen molar-refractivity contribution < 1.29 is 0 Å². The number of benzene rings is 2. The van der Waals surface area contributed by atoms with Crippen molar-refractivity contribution in [2.75, 3.05) is 10.6 Å². The molecule has 0 aliphatic carbocycles. The van der Waals surface area contributed by atoms with E-state index in [1.165, 1.54) is 0 Å². The number of halogens is 2. The van der Waals surface area contributed by atoms with Gasteiger partial charge in [-0.3, -0.25) is 0 Å². The minimum atomic E-state index is 0.509. The van der Waals surface area contributed by atoms with Gasteiger partial charge in [0.1, 0.15) is 5.82 Å². The number of aromatic nitrogens is 2. The molecule has 0 radical (unpaired) electrons. The van der Waals surface area contributed by atoms with Crippen molar-refractivity contribution >= 4 is 46.3 Å². The van der Waals surface area contributed by atoms with Gasteiger partial charge < -0.3 is 10.6 Å². The maximum atomic E-state index is 5.90. The second-order valence-corrected chi connectivity index (χ2v) is 5.86. The van der Waals surface area contributed by atoms with Crippen LogP contribution in [-0.4, -0.2) is 9.97 Å². The van der Waals surface area contributed by atoms with Gasteiger partial charge in [-0.05, 0) is 55.5 Å². The third-order valence-electron chi connectivity index (χ3n) is 3.18. The molecule has 0 fully saturated rings. The van der Waals surface area contributed by atoms with Crippen LogP contribution in [0.25, 0.3) is 0 Å². The van der Waals surface area contributed by atoms with Crippen LogP contribution in [0.3, 0.4) is 0 Å². The van der Waals surface area contributed by atoms with Crippen LogP contribution in [0.1, 0.15) is 5.56 Å². The van der Waals surface area contributed by atoms with E-state index in [0.29, 0.717) is 16.0 Å². The maximum absolute atomic E-state index is 5.90. The molecule has 0 aliphatic heterocycles. The standard InChI is InChI=1S/C17H14Cl2N4/c1-11-10-20-17(22-15-8-4-13(19)5-9-15)23-16(11)21-14-6-2-12(18)3-7-14/h2-10H,1H3,(H2,20,21,22,23). The summed E-state index contributed by atoms with van der Waals surface area (Å²) in [5, 5.41) is 7.80. The molecule has 0 spiro atoms. The van der Waals surface area contributed by atoms with Crippen LogP contribution in [-0.2, 0) is 0 Å². The fourth-order valence-corrected chi connectivity index (χ4v) is 2.21. The summed E-state index contributed by atoms with van der Waals surface area (Å²) in [4.78, 5) is 8.80. The van der Waals surface area contributed by atoms with E-state index in [1.807, 2.05) is 55.5 Å². The minimum absolute atomic E-state index is 0.509. The smallest absolute Gasteiger partial charge is 0.229 e. The quantitative estimate of drug-likeness (QED) is 0.648. The van der Waals surface area contributed by atoms with E-state index in [4.69, 9.17) is 23.2 Å². The summed E-state index contributed by atoms with van der Waals surface area (Å²) >= 11 is 11.8. The molecular formula is C17H14Cl2N4. The molecule has 116 valence electrons. The first-order chi connectivity index (χ1) is 11.1. The Bertz CT molecular complexity index is 802. The van der Waals surface area contributed by atoms with Crippen molar-refractivity contribution in [3.8, 4) is 0 Å². The van der Waals surface area contributed by atoms with Gasteiger partial charge in [-0.25, -0.2) is 4.98 Å². The summed E-state index contributed by atoms with van der Waals surface area (Å²) in [6, 6.07) is 14.8. The predicted octanol–water partition coefficient (Wildman–Crippen LogP) is 5.58. The molecule has 0 bridgehead atoms. The van der Waals surface area contributed by atoms with Gasteiger partial charge in [0.25, 0.3) is 0 Å². The van der Waals surface area contributed by atoms with Gasteiger partial charge in [0.2, 0.25) is 5.95 Å². The summed E-state index contributed by atoms with van der Waals surface area (Å²) in [6.07, 6.45) is 1.77. The molecule has 1 aromatic heterocycles. The summed E-state index contributed by atoms with van der Waals surface area (Å²) < 4.78 is 0. The fraction of sp³-hybridized carbons (Fsp3) is 0.0588. The topological polar surface area (TPSA) is 49.8 Å². The highest BCUT2D eigenvalue weighted by molar-refractivity contribution is 6.30. The molecule has 0 amide bonds. The van der Waals surface area contributed by atoms with Crippen LogP contribution < -0.4 is 10.6 Å². The van der Waals surface area contributed by atoms with E-state index in [1.54, 1.807) is 6.20 Å². The molecule has 0 aliphatic rings. The monoisotopic (exact) mass is 344 g/mol. The lowest BCUT2D eigenvalue weighted by molar-refractivity contribution is 1.13. The van der Waals surface area contributed by atoms with Crippen LogP contribution >= 0.6 is 23.2 Å². The van der Waals surface area contributed by atoms with Crippen LogP contribution in [0.4, 0.5) is 23.1 Å². The molecule has 2 aromatic carbocycles. The van der Waals surface area contributed by atoms with Crippen LogP contribution in [0.5, 0.6) is 0 Å². The first-order valence-electron chi connectivity index (χ1n) is 6.99. The van der Waals surface area contributed by atoms with Crippen molar-refractivity contribution in [1.82, 2.24) is 9.97 Å². The zero-order valence-corrected chi connectivity index (χ0v) is 13.9. The van der Waals surface area contributed by atoms with Gasteiger partial charge in [-0.2, -0.15) is 4.98 Å². The fourth-order valence-electron chi connectivity index (χ4n) is 1.96. The van der Waals surface area contributed by atoms with E-state index < -0.39 is 0 Å². The minimum Gasteiger partial charge on any atom is -0.340 e. The summed E-state index contributed by atoms with van der Waals surface area (Å²) in [5.41, 5.74) is 2.73. The number of nitrogens with one attached hydrogen (secondary N) is 2. The lowest BCUT2D eigenvalue weighted by Crippen LogP contribution is -2.02. The average molecular weight is 345 g/mol. The summed E-state index contributed by atoms with van der Waals surface area (Å²) in [7, 11) is 0. The second kappa shape index (κ2) is 6.86. The van der Waals surface area contributed by atoms with Crippen molar-refractivity contribution in [1.29, 1.82) is 0 Å². The molecule has 0 atom stereocenters. The second-order valence-electron chi connectivity index (χ2n) is 4.99. The number of hydrogen-bond acceptors (Lipinski definition) is 4. The molecule has 3 aromatic rings. The molecule has 4 nitrogen and oxygen atoms in total. The van der Waals surface area contributed by atoms with Crippen LogP contribution in [0.2, 0.25) is 10.0 Å². The Labute approximate surface area is 144 Å². The van der Waals surface area contributed by atoms with Crippen molar-refractivity contribution in [3.63, 3.8) is 0 Å². The van der Waals surface area contributed by atoms with E-state index in [9.17, 15) is 0 Å². The Kier molecular flexibility index (Phi) is 4.65. The normalized spacial score (nSPS) is 10.4. The van der Waals surface area contributed by atoms with Gasteiger partial charge in [0.05, 0.1) is 0 Å². The highest BCUT2D eigenvalue weighted by atomic mass is 35.5. The Morgan fingerprint density at radius 3 is 1.87 bits per heavy atom. The van der Waals surface area contributed by atoms with Crippen molar-refractivity contribution in [3.05, 3.63) is 70.3 Å². The molecule has 0 saturated heterocycles. The summed E-state index contributed by atoms with van der Waals surface area (Å²) in [6.45, 7) is 1.95. The first kappa shape index (κ1) is 15.6. The maximum Gasteiger partial charge on any atom is 0.229 e. The SMILES string of the molecule is Cc1cnc(Nc2ccc(Cl)cc2)nc1Nc1ccc(Cl)cc1. The van der Waals surface area contributed by atoms with Crippen LogP contribution in [0.15, 0.2) is 54.7 Å². The Hall–Kier alpha value is -2.30. The van der Waals surface area contributed by atoms with E-state index >= 15 is 0 Å².